The van der Waals surface area contributed by atoms with Gasteiger partial charge in [0, 0.05) is 33.2 Å². The summed E-state index contributed by atoms with van der Waals surface area (Å²) in [5.41, 5.74) is 6.32. The smallest absolute Gasteiger partial charge is 0.263 e. The summed E-state index contributed by atoms with van der Waals surface area (Å²) in [7, 11) is 0. The fraction of sp³-hybridized carbons (Fsp3) is 0. The van der Waals surface area contributed by atoms with E-state index in [1.165, 1.54) is 0 Å². The Morgan fingerprint density at radius 1 is 0.378 bits per heavy atom. The van der Waals surface area contributed by atoms with E-state index >= 15 is 0 Å². The summed E-state index contributed by atoms with van der Waals surface area (Å²) in [6.07, 6.45) is 0. The normalized spacial score (nSPS) is 11.2. The standard InChI is InChI=1S/C40H26N4O/c45-40-34-22-11-10-21-33(34)35-26-30(27-13-4-1-5-14-27)23-24-36(35)44(40)32-20-12-19-31(25-32)39-42-37(28-15-6-2-7-16-28)41-38(43-39)29-17-8-3-9-18-29/h1-26H. The Hall–Kier alpha value is -6.20. The number of benzene rings is 6. The van der Waals surface area contributed by atoms with Gasteiger partial charge in [0.25, 0.3) is 5.56 Å². The van der Waals surface area contributed by atoms with E-state index in [1.54, 1.807) is 4.57 Å². The van der Waals surface area contributed by atoms with Gasteiger partial charge >= 0.3 is 0 Å². The van der Waals surface area contributed by atoms with Crippen LogP contribution < -0.4 is 5.56 Å². The molecule has 0 radical (unpaired) electrons. The number of nitrogens with zero attached hydrogens (tertiary/aromatic N) is 4. The van der Waals surface area contributed by atoms with E-state index < -0.39 is 0 Å². The van der Waals surface area contributed by atoms with E-state index in [0.717, 1.165) is 49.8 Å². The van der Waals surface area contributed by atoms with Crippen molar-refractivity contribution in [3.05, 3.63) is 168 Å². The van der Waals surface area contributed by atoms with Crippen molar-refractivity contribution >= 4 is 21.7 Å². The van der Waals surface area contributed by atoms with E-state index in [1.807, 2.05) is 133 Å². The van der Waals surface area contributed by atoms with Crippen molar-refractivity contribution in [1.82, 2.24) is 19.5 Å². The Labute approximate surface area is 259 Å². The van der Waals surface area contributed by atoms with Crippen LogP contribution in [0, 0.1) is 0 Å². The maximum Gasteiger partial charge on any atom is 0.263 e. The molecule has 2 heterocycles. The largest absolute Gasteiger partial charge is 0.276 e. The summed E-state index contributed by atoms with van der Waals surface area (Å²) in [5.74, 6) is 1.72. The first-order valence-corrected chi connectivity index (χ1v) is 14.8. The topological polar surface area (TPSA) is 60.7 Å². The third-order valence-electron chi connectivity index (χ3n) is 8.06. The molecule has 2 aromatic heterocycles. The Kier molecular flexibility index (Phi) is 6.54. The van der Waals surface area contributed by atoms with Crippen LogP contribution in [0.15, 0.2) is 163 Å². The third kappa shape index (κ3) is 4.86. The van der Waals surface area contributed by atoms with Crippen molar-refractivity contribution in [3.63, 3.8) is 0 Å². The molecule has 0 unspecified atom stereocenters. The summed E-state index contributed by atoms with van der Waals surface area (Å²) in [6.45, 7) is 0. The molecule has 0 spiro atoms. The zero-order valence-electron chi connectivity index (χ0n) is 24.2. The summed E-state index contributed by atoms with van der Waals surface area (Å²) in [4.78, 5) is 28.8. The highest BCUT2D eigenvalue weighted by molar-refractivity contribution is 6.07. The molecule has 5 heteroatoms. The highest BCUT2D eigenvalue weighted by Crippen LogP contribution is 2.31. The van der Waals surface area contributed by atoms with Gasteiger partial charge < -0.3 is 0 Å². The zero-order valence-corrected chi connectivity index (χ0v) is 24.2. The Balaban J connectivity index is 1.34. The second-order valence-electron chi connectivity index (χ2n) is 10.9. The van der Waals surface area contributed by atoms with Crippen LogP contribution in [0.1, 0.15) is 0 Å². The predicted octanol–water partition coefficient (Wildman–Crippen LogP) is 9.00. The molecule has 0 amide bonds. The first-order valence-electron chi connectivity index (χ1n) is 14.8. The van der Waals surface area contributed by atoms with Crippen LogP contribution in [0.3, 0.4) is 0 Å². The Bertz CT molecular complexity index is 2330. The minimum Gasteiger partial charge on any atom is -0.276 e. The van der Waals surface area contributed by atoms with Gasteiger partial charge in [0.15, 0.2) is 17.5 Å². The van der Waals surface area contributed by atoms with E-state index in [4.69, 9.17) is 15.0 Å². The van der Waals surface area contributed by atoms with Gasteiger partial charge in [-0.25, -0.2) is 15.0 Å². The predicted molar refractivity (Wildman–Crippen MR) is 182 cm³/mol. The maximum absolute atomic E-state index is 14.1. The van der Waals surface area contributed by atoms with Crippen LogP contribution in [0.2, 0.25) is 0 Å². The molecule has 0 aliphatic carbocycles. The average Bonchev–Trinajstić information content (AvgIpc) is 3.13. The molecule has 0 saturated carbocycles. The van der Waals surface area contributed by atoms with Crippen molar-refractivity contribution in [2.75, 3.05) is 0 Å². The lowest BCUT2D eigenvalue weighted by Gasteiger charge is -2.15. The lowest BCUT2D eigenvalue weighted by Crippen LogP contribution is -2.19. The highest BCUT2D eigenvalue weighted by atomic mass is 16.1. The van der Waals surface area contributed by atoms with Crippen molar-refractivity contribution in [3.8, 4) is 51.0 Å². The quantitative estimate of drug-likeness (QED) is 0.191. The Morgan fingerprint density at radius 3 is 1.51 bits per heavy atom. The fourth-order valence-electron chi connectivity index (χ4n) is 5.87. The van der Waals surface area contributed by atoms with Gasteiger partial charge in [-0.3, -0.25) is 9.36 Å². The molecule has 0 aliphatic heterocycles. The van der Waals surface area contributed by atoms with Gasteiger partial charge in [0.2, 0.25) is 0 Å². The number of aromatic nitrogens is 4. The molecule has 45 heavy (non-hydrogen) atoms. The monoisotopic (exact) mass is 578 g/mol. The molecule has 8 rings (SSSR count). The molecule has 6 aromatic carbocycles. The van der Waals surface area contributed by atoms with Crippen LogP contribution in [-0.4, -0.2) is 19.5 Å². The van der Waals surface area contributed by atoms with Gasteiger partial charge in [0.05, 0.1) is 5.52 Å². The summed E-state index contributed by atoms with van der Waals surface area (Å²) in [5, 5.41) is 2.61. The van der Waals surface area contributed by atoms with Crippen molar-refractivity contribution in [2.24, 2.45) is 0 Å². The molecule has 212 valence electrons. The highest BCUT2D eigenvalue weighted by Gasteiger charge is 2.16. The Morgan fingerprint density at radius 2 is 0.889 bits per heavy atom. The van der Waals surface area contributed by atoms with Crippen molar-refractivity contribution in [1.29, 1.82) is 0 Å². The van der Waals surface area contributed by atoms with Crippen LogP contribution in [0.4, 0.5) is 0 Å². The van der Waals surface area contributed by atoms with Crippen molar-refractivity contribution in [2.45, 2.75) is 0 Å². The molecule has 0 fully saturated rings. The van der Waals surface area contributed by atoms with Crippen LogP contribution in [-0.2, 0) is 0 Å². The number of hydrogen-bond donors (Lipinski definition) is 0. The molecule has 0 atom stereocenters. The van der Waals surface area contributed by atoms with E-state index in [0.29, 0.717) is 22.9 Å². The van der Waals surface area contributed by atoms with E-state index in [-0.39, 0.29) is 5.56 Å². The number of hydrogen-bond acceptors (Lipinski definition) is 4. The maximum atomic E-state index is 14.1. The lowest BCUT2D eigenvalue weighted by molar-refractivity contribution is 1.05. The second kappa shape index (κ2) is 11.1. The molecule has 5 nitrogen and oxygen atoms in total. The second-order valence-corrected chi connectivity index (χ2v) is 10.9. The molecular formula is C40H26N4O. The molecule has 0 saturated heterocycles. The van der Waals surface area contributed by atoms with Gasteiger partial charge in [-0.15, -0.1) is 0 Å². The number of rotatable bonds is 5. The molecule has 8 aromatic rings. The van der Waals surface area contributed by atoms with Crippen molar-refractivity contribution < 1.29 is 0 Å². The molecule has 0 N–H and O–H groups in total. The van der Waals surface area contributed by atoms with Crippen LogP contribution in [0.5, 0.6) is 0 Å². The molecule has 0 bridgehead atoms. The first kappa shape index (κ1) is 26.4. The lowest BCUT2D eigenvalue weighted by atomic mass is 9.99. The molecule has 0 aliphatic rings. The van der Waals surface area contributed by atoms with Gasteiger partial charge in [0.1, 0.15) is 0 Å². The summed E-state index contributed by atoms with van der Waals surface area (Å²) in [6, 6.07) is 52.1. The van der Waals surface area contributed by atoms with Crippen LogP contribution in [0.25, 0.3) is 72.7 Å². The third-order valence-corrected chi connectivity index (χ3v) is 8.06. The zero-order chi connectivity index (χ0) is 30.2. The minimum absolute atomic E-state index is 0.0756. The minimum atomic E-state index is -0.0756. The van der Waals surface area contributed by atoms with Gasteiger partial charge in [-0.2, -0.15) is 0 Å². The van der Waals surface area contributed by atoms with Gasteiger partial charge in [-0.05, 0) is 46.8 Å². The first-order chi connectivity index (χ1) is 22.2. The van der Waals surface area contributed by atoms with E-state index in [2.05, 4.69) is 24.3 Å². The summed E-state index contributed by atoms with van der Waals surface area (Å²) < 4.78 is 1.80. The average molecular weight is 579 g/mol. The SMILES string of the molecule is O=c1c2ccccc2c2cc(-c3ccccc3)ccc2n1-c1cccc(-c2nc(-c3ccccc3)nc(-c3ccccc3)n2)c1. The number of pyridine rings is 1. The summed E-state index contributed by atoms with van der Waals surface area (Å²) >= 11 is 0. The fourth-order valence-corrected chi connectivity index (χ4v) is 5.87. The number of fused-ring (bicyclic) bond motifs is 3. The molecular weight excluding hydrogens is 552 g/mol. The van der Waals surface area contributed by atoms with Gasteiger partial charge in [-0.1, -0.05) is 127 Å². The van der Waals surface area contributed by atoms with E-state index in [9.17, 15) is 4.79 Å². The van der Waals surface area contributed by atoms with Crippen LogP contribution >= 0.6 is 0 Å².